The average molecular weight is 561 g/mol. The monoisotopic (exact) mass is 560 g/mol. The van der Waals surface area contributed by atoms with Crippen LogP contribution in [0.25, 0.3) is 5.69 Å². The van der Waals surface area contributed by atoms with Gasteiger partial charge < -0.3 is 19.5 Å². The molecule has 39 heavy (non-hydrogen) atoms. The Kier molecular flexibility index (Phi) is 8.24. The minimum atomic E-state index is -4.82. The molecule has 14 heteroatoms. The van der Waals surface area contributed by atoms with Crippen molar-refractivity contribution in [3.8, 4) is 22.9 Å². The van der Waals surface area contributed by atoms with Crippen molar-refractivity contribution in [3.05, 3.63) is 71.3 Å². The minimum Gasteiger partial charge on any atom is -0.493 e. The number of hydrogen-bond donors (Lipinski definition) is 1. The van der Waals surface area contributed by atoms with Gasteiger partial charge in [0.1, 0.15) is 5.75 Å². The van der Waals surface area contributed by atoms with Crippen molar-refractivity contribution in [2.24, 2.45) is 0 Å². The lowest BCUT2D eigenvalue weighted by Crippen LogP contribution is -2.17. The highest BCUT2D eigenvalue weighted by atomic mass is 32.2. The molecule has 0 saturated carbocycles. The number of methoxy groups -OCH3 is 2. The van der Waals surface area contributed by atoms with E-state index in [4.69, 9.17) is 9.47 Å². The van der Waals surface area contributed by atoms with Crippen LogP contribution in [-0.2, 0) is 5.75 Å². The number of ether oxygens (including phenoxy) is 3. The number of hydrogen-bond acceptors (Lipinski definition) is 9. The quantitative estimate of drug-likeness (QED) is 0.220. The first-order valence-electron chi connectivity index (χ1n) is 11.4. The van der Waals surface area contributed by atoms with Gasteiger partial charge in [-0.25, -0.2) is 14.6 Å². The maximum atomic E-state index is 13.3. The van der Waals surface area contributed by atoms with Crippen LogP contribution in [0.15, 0.2) is 53.7 Å². The zero-order valence-corrected chi connectivity index (χ0v) is 22.1. The van der Waals surface area contributed by atoms with Crippen molar-refractivity contribution in [1.82, 2.24) is 25.0 Å². The van der Waals surface area contributed by atoms with E-state index < -0.39 is 18.0 Å². The Morgan fingerprint density at radius 3 is 2.26 bits per heavy atom. The summed E-state index contributed by atoms with van der Waals surface area (Å²) in [4.78, 5) is 22.1. The molecule has 0 atom stereocenters. The van der Waals surface area contributed by atoms with Crippen molar-refractivity contribution in [2.45, 2.75) is 31.1 Å². The Balaban J connectivity index is 1.66. The smallest absolute Gasteiger partial charge is 0.493 e. The summed E-state index contributed by atoms with van der Waals surface area (Å²) in [6.45, 7) is 3.69. The number of halogens is 3. The van der Waals surface area contributed by atoms with Crippen molar-refractivity contribution in [2.75, 3.05) is 19.5 Å². The van der Waals surface area contributed by atoms with E-state index in [0.29, 0.717) is 33.7 Å². The standard InChI is InChI=1S/C25H23F3N6O4S/c1-14-11-15(2)30-24(29-14)39-13-19-22(23(35)31-16-5-10-20(36-3)21(12-16)37-4)32-33-34(19)17-6-8-18(9-7-17)38-25(26,27)28/h5-12H,13H2,1-4H3,(H,31,35). The fraction of sp³-hybridized carbons (Fsp3) is 0.240. The number of benzene rings is 2. The van der Waals surface area contributed by atoms with Crippen LogP contribution in [0, 0.1) is 13.8 Å². The predicted molar refractivity (Wildman–Crippen MR) is 137 cm³/mol. The van der Waals surface area contributed by atoms with Crippen LogP contribution in [0.4, 0.5) is 18.9 Å². The summed E-state index contributed by atoms with van der Waals surface area (Å²) in [5, 5.41) is 11.4. The van der Waals surface area contributed by atoms with Crippen molar-refractivity contribution in [3.63, 3.8) is 0 Å². The molecule has 2 aromatic heterocycles. The van der Waals surface area contributed by atoms with Gasteiger partial charge in [0.15, 0.2) is 22.3 Å². The summed E-state index contributed by atoms with van der Waals surface area (Å²) in [6.07, 6.45) is -4.82. The molecule has 204 valence electrons. The lowest BCUT2D eigenvalue weighted by atomic mass is 10.2. The summed E-state index contributed by atoms with van der Waals surface area (Å²) >= 11 is 1.26. The second-order valence-corrected chi connectivity index (χ2v) is 9.03. The lowest BCUT2D eigenvalue weighted by molar-refractivity contribution is -0.274. The van der Waals surface area contributed by atoms with E-state index in [1.54, 1.807) is 18.2 Å². The number of rotatable bonds is 9. The first kappa shape index (κ1) is 27.7. The maximum Gasteiger partial charge on any atom is 0.573 e. The zero-order chi connectivity index (χ0) is 28.2. The molecular weight excluding hydrogens is 537 g/mol. The second kappa shape index (κ2) is 11.6. The number of nitrogens with zero attached hydrogens (tertiary/aromatic N) is 5. The molecule has 4 rings (SSSR count). The van der Waals surface area contributed by atoms with Crippen LogP contribution in [-0.4, -0.2) is 51.5 Å². The lowest BCUT2D eigenvalue weighted by Gasteiger charge is -2.12. The molecule has 0 aliphatic heterocycles. The van der Waals surface area contributed by atoms with Gasteiger partial charge in [-0.15, -0.1) is 18.3 Å². The molecule has 2 heterocycles. The third-order valence-electron chi connectivity index (χ3n) is 5.23. The molecule has 0 unspecified atom stereocenters. The number of anilines is 1. The molecule has 0 spiro atoms. The molecule has 0 aliphatic rings. The molecular formula is C25H23F3N6O4S. The first-order valence-corrected chi connectivity index (χ1v) is 12.3. The van der Waals surface area contributed by atoms with E-state index in [0.717, 1.165) is 23.5 Å². The van der Waals surface area contributed by atoms with E-state index in [1.807, 2.05) is 19.9 Å². The number of carbonyl (C=O) groups excluding carboxylic acids is 1. The van der Waals surface area contributed by atoms with Gasteiger partial charge in [-0.1, -0.05) is 17.0 Å². The maximum absolute atomic E-state index is 13.3. The number of thioether (sulfide) groups is 1. The Bertz CT molecular complexity index is 1460. The minimum absolute atomic E-state index is 0.0114. The molecule has 10 nitrogen and oxygen atoms in total. The molecule has 1 amide bonds. The second-order valence-electron chi connectivity index (χ2n) is 8.08. The number of amides is 1. The number of aryl methyl sites for hydroxylation is 2. The summed E-state index contributed by atoms with van der Waals surface area (Å²) in [6, 6.07) is 11.8. The van der Waals surface area contributed by atoms with Gasteiger partial charge in [-0.3, -0.25) is 4.79 Å². The normalized spacial score (nSPS) is 11.3. The van der Waals surface area contributed by atoms with E-state index in [1.165, 1.54) is 42.8 Å². The fourth-order valence-electron chi connectivity index (χ4n) is 3.60. The van der Waals surface area contributed by atoms with Gasteiger partial charge in [0.05, 0.1) is 25.6 Å². The first-order chi connectivity index (χ1) is 18.6. The third-order valence-corrected chi connectivity index (χ3v) is 6.09. The highest BCUT2D eigenvalue weighted by molar-refractivity contribution is 7.98. The van der Waals surface area contributed by atoms with E-state index in [9.17, 15) is 18.0 Å². The highest BCUT2D eigenvalue weighted by Gasteiger charge is 2.31. The Morgan fingerprint density at radius 1 is 0.974 bits per heavy atom. The largest absolute Gasteiger partial charge is 0.573 e. The number of carbonyl (C=O) groups is 1. The molecule has 0 radical (unpaired) electrons. The van der Waals surface area contributed by atoms with Gasteiger partial charge in [-0.05, 0) is 56.3 Å². The van der Waals surface area contributed by atoms with E-state index in [-0.39, 0.29) is 11.4 Å². The Hall–Kier alpha value is -4.33. The topological polar surface area (TPSA) is 113 Å². The van der Waals surface area contributed by atoms with Gasteiger partial charge in [0, 0.05) is 28.9 Å². The van der Waals surface area contributed by atoms with Crippen molar-refractivity contribution >= 4 is 23.4 Å². The van der Waals surface area contributed by atoms with Crippen LogP contribution in [0.1, 0.15) is 27.6 Å². The number of alkyl halides is 3. The molecule has 0 aliphatic carbocycles. The molecule has 0 bridgehead atoms. The van der Waals surface area contributed by atoms with Crippen LogP contribution in [0.2, 0.25) is 0 Å². The van der Waals surface area contributed by atoms with Gasteiger partial charge in [0.2, 0.25) is 0 Å². The van der Waals surface area contributed by atoms with E-state index in [2.05, 4.69) is 30.3 Å². The highest BCUT2D eigenvalue weighted by Crippen LogP contribution is 2.31. The molecule has 2 aromatic carbocycles. The summed E-state index contributed by atoms with van der Waals surface area (Å²) < 4.78 is 53.6. The van der Waals surface area contributed by atoms with Crippen molar-refractivity contribution < 1.29 is 32.2 Å². The molecule has 1 N–H and O–H groups in total. The van der Waals surface area contributed by atoms with Gasteiger partial charge in [0.25, 0.3) is 5.91 Å². The number of nitrogens with one attached hydrogen (secondary N) is 1. The van der Waals surface area contributed by atoms with Crippen LogP contribution in [0.3, 0.4) is 0 Å². The fourth-order valence-corrected chi connectivity index (χ4v) is 4.54. The third kappa shape index (κ3) is 6.96. The average Bonchev–Trinajstić information content (AvgIpc) is 3.30. The molecule has 0 fully saturated rings. The Morgan fingerprint density at radius 2 is 1.64 bits per heavy atom. The molecule has 4 aromatic rings. The Labute approximate surface area is 225 Å². The van der Waals surface area contributed by atoms with Crippen LogP contribution in [0.5, 0.6) is 17.2 Å². The predicted octanol–water partition coefficient (Wildman–Crippen LogP) is 5.13. The van der Waals surface area contributed by atoms with Gasteiger partial charge in [-0.2, -0.15) is 0 Å². The van der Waals surface area contributed by atoms with E-state index >= 15 is 0 Å². The van der Waals surface area contributed by atoms with Crippen LogP contribution < -0.4 is 19.5 Å². The molecule has 0 saturated heterocycles. The number of aromatic nitrogens is 5. The summed E-state index contributed by atoms with van der Waals surface area (Å²) in [5.74, 6) is 0.151. The summed E-state index contributed by atoms with van der Waals surface area (Å²) in [5.41, 5.74) is 2.75. The van der Waals surface area contributed by atoms with Gasteiger partial charge >= 0.3 is 6.36 Å². The van der Waals surface area contributed by atoms with Crippen molar-refractivity contribution in [1.29, 1.82) is 0 Å². The SMILES string of the molecule is COc1ccc(NC(=O)c2nnn(-c3ccc(OC(F)(F)F)cc3)c2CSc2nc(C)cc(C)n2)cc1OC. The zero-order valence-electron chi connectivity index (χ0n) is 21.2. The van der Waals surface area contributed by atoms with Crippen LogP contribution >= 0.6 is 11.8 Å². The summed E-state index contributed by atoms with van der Waals surface area (Å²) in [7, 11) is 2.98.